The van der Waals surface area contributed by atoms with Crippen LogP contribution in [0, 0.1) is 51.4 Å². The zero-order chi connectivity index (χ0) is 31.9. The summed E-state index contributed by atoms with van der Waals surface area (Å²) >= 11 is 0. The van der Waals surface area contributed by atoms with Crippen LogP contribution < -0.4 is 5.32 Å². The predicted molar refractivity (Wildman–Crippen MR) is 163 cm³/mol. The fourth-order valence-corrected chi connectivity index (χ4v) is 8.61. The molecule has 226 valence electrons. The second-order valence-corrected chi connectivity index (χ2v) is 16.8. The van der Waals surface area contributed by atoms with Crippen LogP contribution in [0.2, 0.25) is 0 Å². The summed E-state index contributed by atoms with van der Waals surface area (Å²) in [5.41, 5.74) is 1.09. The molecule has 2 rings (SSSR count). The third-order valence-electron chi connectivity index (χ3n) is 7.57. The van der Waals surface area contributed by atoms with Crippen molar-refractivity contribution in [3.8, 4) is 18.2 Å². The van der Waals surface area contributed by atoms with E-state index in [-0.39, 0.29) is 37.5 Å². The van der Waals surface area contributed by atoms with Gasteiger partial charge < -0.3 is 5.32 Å². The van der Waals surface area contributed by atoms with Gasteiger partial charge in [0.25, 0.3) is 5.70 Å². The lowest BCUT2D eigenvalue weighted by molar-refractivity contribution is 0.338. The molecule has 2 aliphatic carbocycles. The average Bonchev–Trinajstić information content (AvgIpc) is 2.84. The van der Waals surface area contributed by atoms with Crippen molar-refractivity contribution in [2.45, 2.75) is 91.9 Å². The number of unbranched alkanes of at least 4 members (excludes halogenated alkanes) is 4. The van der Waals surface area contributed by atoms with Gasteiger partial charge in [-0.1, -0.05) is 52.5 Å². The molecule has 42 heavy (non-hydrogen) atoms. The molecule has 0 radical (unpaired) electrons. The molecule has 0 aliphatic heterocycles. The largest absolute Gasteiger partial charge is 0.387 e. The first-order chi connectivity index (χ1) is 19.4. The van der Waals surface area contributed by atoms with E-state index in [0.717, 1.165) is 50.2 Å². The van der Waals surface area contributed by atoms with Gasteiger partial charge in [0.1, 0.15) is 17.7 Å². The SMILES string of the molecule is [C-]#[N+]/C(C#N)=C1\CC(C)(C)CC(NCCCCCCCC2=C(S(C)(=O)=O)C(=C(C#N)C#N)CC(C)(C)C2)=C1S(C)(=O)=O. The van der Waals surface area contributed by atoms with Crippen LogP contribution >= 0.6 is 0 Å². The minimum absolute atomic E-state index is 0.0732. The lowest BCUT2D eigenvalue weighted by Gasteiger charge is -2.35. The predicted octanol–water partition coefficient (Wildman–Crippen LogP) is 6.15. The molecule has 0 heterocycles. The van der Waals surface area contributed by atoms with E-state index < -0.39 is 19.7 Å². The Labute approximate surface area is 251 Å². The van der Waals surface area contributed by atoms with Crippen LogP contribution in [0.25, 0.3) is 4.85 Å². The van der Waals surface area contributed by atoms with Crippen LogP contribution in [0.15, 0.2) is 43.5 Å². The molecular weight excluding hydrogens is 571 g/mol. The maximum Gasteiger partial charge on any atom is 0.266 e. The summed E-state index contributed by atoms with van der Waals surface area (Å²) in [6, 6.07) is 5.62. The third kappa shape index (κ3) is 9.06. The second kappa shape index (κ2) is 13.7. The molecule has 0 atom stereocenters. The van der Waals surface area contributed by atoms with Gasteiger partial charge in [-0.15, -0.1) is 0 Å². The Bertz CT molecular complexity index is 1460. The van der Waals surface area contributed by atoms with Crippen LogP contribution in [0.4, 0.5) is 0 Å². The molecule has 0 saturated carbocycles. The number of sulfone groups is 2. The number of nitrogens with one attached hydrogen (secondary N) is 1. The number of hydrogen-bond donors (Lipinski definition) is 1. The summed E-state index contributed by atoms with van der Waals surface area (Å²) < 4.78 is 50.8. The summed E-state index contributed by atoms with van der Waals surface area (Å²) in [5.74, 6) is 0. The minimum Gasteiger partial charge on any atom is -0.387 e. The topological polar surface area (TPSA) is 156 Å². The fourth-order valence-electron chi connectivity index (χ4n) is 6.08. The highest BCUT2D eigenvalue weighted by Crippen LogP contribution is 2.46. The summed E-state index contributed by atoms with van der Waals surface area (Å²) in [6.45, 7) is 15.9. The molecule has 0 bridgehead atoms. The van der Waals surface area contributed by atoms with Gasteiger partial charge in [0.15, 0.2) is 19.7 Å². The number of nitriles is 3. The van der Waals surface area contributed by atoms with Gasteiger partial charge in [0, 0.05) is 24.8 Å². The molecule has 0 fully saturated rings. The van der Waals surface area contributed by atoms with E-state index in [9.17, 15) is 32.6 Å². The van der Waals surface area contributed by atoms with Crippen LogP contribution in [0.3, 0.4) is 0 Å². The molecule has 0 aromatic rings. The van der Waals surface area contributed by atoms with Crippen molar-refractivity contribution in [1.29, 1.82) is 15.8 Å². The lowest BCUT2D eigenvalue weighted by Crippen LogP contribution is -2.31. The highest BCUT2D eigenvalue weighted by molar-refractivity contribution is 7.95. The maximum absolute atomic E-state index is 12.7. The molecule has 0 aromatic carbocycles. The number of allylic oxidation sites excluding steroid dienone is 6. The Morgan fingerprint density at radius 3 is 1.83 bits per heavy atom. The first kappa shape index (κ1) is 34.8. The summed E-state index contributed by atoms with van der Waals surface area (Å²) in [5, 5.41) is 31.6. The molecule has 0 aromatic heterocycles. The third-order valence-corrected chi connectivity index (χ3v) is 10.1. The quantitative estimate of drug-likeness (QED) is 0.166. The van der Waals surface area contributed by atoms with Crippen LogP contribution in [0.5, 0.6) is 0 Å². The van der Waals surface area contributed by atoms with E-state index in [2.05, 4.69) is 10.2 Å². The van der Waals surface area contributed by atoms with E-state index in [4.69, 9.17) is 6.57 Å². The van der Waals surface area contributed by atoms with E-state index in [0.29, 0.717) is 49.9 Å². The first-order valence-corrected chi connectivity index (χ1v) is 17.8. The summed E-state index contributed by atoms with van der Waals surface area (Å²) in [7, 11) is -7.28. The molecule has 0 amide bonds. The Morgan fingerprint density at radius 2 is 1.31 bits per heavy atom. The van der Waals surface area contributed by atoms with E-state index >= 15 is 0 Å². The zero-order valence-corrected chi connectivity index (χ0v) is 27.1. The normalized spacial score (nSPS) is 19.7. The van der Waals surface area contributed by atoms with Crippen molar-refractivity contribution < 1.29 is 16.8 Å². The molecule has 0 spiro atoms. The molecular formula is C31H41N5O4S2. The molecule has 11 heteroatoms. The number of rotatable bonds is 11. The van der Waals surface area contributed by atoms with Gasteiger partial charge in [0.05, 0.1) is 22.5 Å². The summed E-state index contributed by atoms with van der Waals surface area (Å²) in [6.07, 6.45) is 8.85. The van der Waals surface area contributed by atoms with Gasteiger partial charge in [-0.2, -0.15) is 10.5 Å². The molecule has 0 unspecified atom stereocenters. The highest BCUT2D eigenvalue weighted by atomic mass is 32.2. The number of nitrogens with zero attached hydrogens (tertiary/aromatic N) is 4. The minimum atomic E-state index is -3.66. The van der Waals surface area contributed by atoms with Gasteiger partial charge in [-0.05, 0) is 66.9 Å². The van der Waals surface area contributed by atoms with Crippen molar-refractivity contribution in [3.05, 3.63) is 54.9 Å². The smallest absolute Gasteiger partial charge is 0.266 e. The summed E-state index contributed by atoms with van der Waals surface area (Å²) in [4.78, 5) is 3.53. The Balaban J connectivity index is 2.08. The van der Waals surface area contributed by atoms with Gasteiger partial charge in [0.2, 0.25) is 0 Å². The Morgan fingerprint density at radius 1 is 0.786 bits per heavy atom. The van der Waals surface area contributed by atoms with Gasteiger partial charge in [-0.3, -0.25) is 0 Å². The zero-order valence-electron chi connectivity index (χ0n) is 25.5. The highest BCUT2D eigenvalue weighted by Gasteiger charge is 2.37. The fraction of sp³-hybridized carbons (Fsp3) is 0.613. The van der Waals surface area contributed by atoms with E-state index in [1.54, 1.807) is 0 Å². The molecule has 2 aliphatic rings. The lowest BCUT2D eigenvalue weighted by atomic mass is 9.73. The van der Waals surface area contributed by atoms with E-state index in [1.165, 1.54) is 0 Å². The Hall–Kier alpha value is -3.38. The monoisotopic (exact) mass is 611 g/mol. The average molecular weight is 612 g/mol. The van der Waals surface area contributed by atoms with E-state index in [1.807, 2.05) is 45.9 Å². The van der Waals surface area contributed by atoms with Crippen LogP contribution in [0.1, 0.15) is 91.9 Å². The van der Waals surface area contributed by atoms with Gasteiger partial charge in [-0.25, -0.2) is 26.9 Å². The van der Waals surface area contributed by atoms with Crippen molar-refractivity contribution in [2.24, 2.45) is 10.8 Å². The van der Waals surface area contributed by atoms with Crippen LogP contribution in [-0.2, 0) is 19.7 Å². The van der Waals surface area contributed by atoms with Crippen molar-refractivity contribution in [3.63, 3.8) is 0 Å². The van der Waals surface area contributed by atoms with Crippen molar-refractivity contribution in [1.82, 2.24) is 5.32 Å². The van der Waals surface area contributed by atoms with Crippen LogP contribution in [-0.4, -0.2) is 35.9 Å². The standard InChI is InChI=1S/C31H41N5O4S2/c1-30(2)15-22(28(41(6,37)38)24(16-30)23(19-32)20-33)13-11-9-8-10-12-14-36-26-18-31(3,4)17-25(27(21-34)35-5)29(26)42(7,39)40/h36H,8-18H2,1-4,6-7H3/b27-25+. The molecule has 1 N–H and O–H groups in total. The van der Waals surface area contributed by atoms with Crippen molar-refractivity contribution in [2.75, 3.05) is 19.1 Å². The first-order valence-electron chi connectivity index (χ1n) is 14.0. The maximum atomic E-state index is 12.7. The second-order valence-electron chi connectivity index (χ2n) is 12.9. The number of hydrogen-bond acceptors (Lipinski definition) is 8. The molecule has 0 saturated heterocycles. The Kier molecular flexibility index (Phi) is 11.4. The molecule has 9 nitrogen and oxygen atoms in total. The van der Waals surface area contributed by atoms with Gasteiger partial charge >= 0.3 is 0 Å². The van der Waals surface area contributed by atoms with Crippen molar-refractivity contribution >= 4 is 19.7 Å².